The minimum absolute atomic E-state index is 0.0167. The van der Waals surface area contributed by atoms with E-state index in [9.17, 15) is 10.1 Å². The molecule has 21 heavy (non-hydrogen) atoms. The van der Waals surface area contributed by atoms with Gasteiger partial charge in [-0.05, 0) is 13.3 Å². The molecule has 0 aliphatic carbocycles. The quantitative estimate of drug-likeness (QED) is 0.659. The van der Waals surface area contributed by atoms with E-state index in [1.165, 1.54) is 0 Å². The topological polar surface area (TPSA) is 68.6 Å². The molecule has 1 amide bonds. The number of hydrogen-bond acceptors (Lipinski definition) is 5. The maximum Gasteiger partial charge on any atom is 0.237 e. The smallest absolute Gasteiger partial charge is 0.237 e. The van der Waals surface area contributed by atoms with Gasteiger partial charge in [0.15, 0.2) is 0 Å². The standard InChI is InChI=1S/C15H28N4O2/c1-4-5-14(12-16)19-9-7-18(8-10-19)13(2)15(20)17-6-11-21-3/h13-14H,4-11H2,1-3H3,(H,17,20). The molecular weight excluding hydrogens is 268 g/mol. The van der Waals surface area contributed by atoms with Crippen molar-refractivity contribution in [3.8, 4) is 6.07 Å². The molecule has 1 aliphatic rings. The van der Waals surface area contributed by atoms with E-state index in [1.807, 2.05) is 6.92 Å². The summed E-state index contributed by atoms with van der Waals surface area (Å²) in [6.07, 6.45) is 1.94. The van der Waals surface area contributed by atoms with Gasteiger partial charge in [0.1, 0.15) is 0 Å². The van der Waals surface area contributed by atoms with Gasteiger partial charge >= 0.3 is 0 Å². The van der Waals surface area contributed by atoms with E-state index in [4.69, 9.17) is 4.74 Å². The van der Waals surface area contributed by atoms with Gasteiger partial charge in [-0.1, -0.05) is 13.3 Å². The Kier molecular flexibility index (Phi) is 8.28. The first-order chi connectivity index (χ1) is 10.1. The van der Waals surface area contributed by atoms with Crippen LogP contribution in [0, 0.1) is 11.3 Å². The summed E-state index contributed by atoms with van der Waals surface area (Å²) < 4.78 is 4.93. The monoisotopic (exact) mass is 296 g/mol. The SMILES string of the molecule is CCCC(C#N)N1CCN(C(C)C(=O)NCCOC)CC1. The second kappa shape index (κ2) is 9.72. The van der Waals surface area contributed by atoms with Crippen LogP contribution in [0.3, 0.4) is 0 Å². The molecule has 1 rings (SSSR count). The number of nitrogens with zero attached hydrogens (tertiary/aromatic N) is 3. The number of nitrogens with one attached hydrogen (secondary N) is 1. The first-order valence-corrected chi connectivity index (χ1v) is 7.78. The average molecular weight is 296 g/mol. The molecule has 1 heterocycles. The van der Waals surface area contributed by atoms with Gasteiger partial charge in [0.25, 0.3) is 0 Å². The molecule has 0 aromatic heterocycles. The van der Waals surface area contributed by atoms with E-state index < -0.39 is 0 Å². The Morgan fingerprint density at radius 1 is 1.33 bits per heavy atom. The zero-order chi connectivity index (χ0) is 15.7. The summed E-state index contributed by atoms with van der Waals surface area (Å²) >= 11 is 0. The lowest BCUT2D eigenvalue weighted by Crippen LogP contribution is -2.55. The number of carbonyl (C=O) groups is 1. The first-order valence-electron chi connectivity index (χ1n) is 7.78. The molecule has 1 saturated heterocycles. The molecule has 6 nitrogen and oxygen atoms in total. The molecule has 0 saturated carbocycles. The minimum Gasteiger partial charge on any atom is -0.383 e. The first kappa shape index (κ1) is 17.9. The highest BCUT2D eigenvalue weighted by atomic mass is 16.5. The Morgan fingerprint density at radius 2 is 1.95 bits per heavy atom. The zero-order valence-corrected chi connectivity index (χ0v) is 13.5. The predicted molar refractivity (Wildman–Crippen MR) is 81.8 cm³/mol. The normalized spacial score (nSPS) is 19.7. The van der Waals surface area contributed by atoms with Gasteiger partial charge in [-0.25, -0.2) is 0 Å². The van der Waals surface area contributed by atoms with E-state index in [1.54, 1.807) is 7.11 Å². The van der Waals surface area contributed by atoms with Gasteiger partial charge in [0, 0.05) is 39.8 Å². The third-order valence-electron chi connectivity index (χ3n) is 4.03. The number of ether oxygens (including phenoxy) is 1. The maximum atomic E-state index is 12.0. The summed E-state index contributed by atoms with van der Waals surface area (Å²) in [5, 5.41) is 12.1. The summed E-state index contributed by atoms with van der Waals surface area (Å²) in [7, 11) is 1.62. The lowest BCUT2D eigenvalue weighted by molar-refractivity contribution is -0.126. The summed E-state index contributed by atoms with van der Waals surface area (Å²) in [4.78, 5) is 16.4. The van der Waals surface area contributed by atoms with Crippen LogP contribution in [-0.4, -0.2) is 74.2 Å². The van der Waals surface area contributed by atoms with Crippen molar-refractivity contribution in [2.24, 2.45) is 0 Å². The molecular formula is C15H28N4O2. The Labute approximate surface area is 128 Å². The minimum atomic E-state index is -0.129. The summed E-state index contributed by atoms with van der Waals surface area (Å²) in [5.74, 6) is 0.0471. The van der Waals surface area contributed by atoms with Crippen molar-refractivity contribution in [1.29, 1.82) is 5.26 Å². The fourth-order valence-corrected chi connectivity index (χ4v) is 2.63. The molecule has 2 unspecified atom stereocenters. The van der Waals surface area contributed by atoms with E-state index >= 15 is 0 Å². The van der Waals surface area contributed by atoms with Gasteiger partial charge in [-0.3, -0.25) is 14.6 Å². The van der Waals surface area contributed by atoms with Gasteiger partial charge < -0.3 is 10.1 Å². The van der Waals surface area contributed by atoms with Crippen LogP contribution in [0.4, 0.5) is 0 Å². The van der Waals surface area contributed by atoms with Crippen LogP contribution >= 0.6 is 0 Å². The highest BCUT2D eigenvalue weighted by Crippen LogP contribution is 2.12. The summed E-state index contributed by atoms with van der Waals surface area (Å²) in [5.41, 5.74) is 0. The predicted octanol–water partition coefficient (Wildman–Crippen LogP) is 0.447. The molecule has 0 bridgehead atoms. The van der Waals surface area contributed by atoms with Crippen LogP contribution in [0.25, 0.3) is 0 Å². The second-order valence-electron chi connectivity index (χ2n) is 5.47. The molecule has 1 N–H and O–H groups in total. The molecule has 0 radical (unpaired) electrons. The van der Waals surface area contributed by atoms with Gasteiger partial charge in [0.05, 0.1) is 24.8 Å². The van der Waals surface area contributed by atoms with Crippen molar-refractivity contribution in [2.75, 3.05) is 46.4 Å². The number of piperazine rings is 1. The molecule has 1 fully saturated rings. The lowest BCUT2D eigenvalue weighted by atomic mass is 10.1. The number of nitriles is 1. The van der Waals surface area contributed by atoms with Crippen molar-refractivity contribution in [3.63, 3.8) is 0 Å². The highest BCUT2D eigenvalue weighted by Gasteiger charge is 2.28. The van der Waals surface area contributed by atoms with Crippen molar-refractivity contribution >= 4 is 5.91 Å². The molecule has 6 heteroatoms. The fraction of sp³-hybridized carbons (Fsp3) is 0.867. The van der Waals surface area contributed by atoms with Crippen LogP contribution in [0.5, 0.6) is 0 Å². The second-order valence-corrected chi connectivity index (χ2v) is 5.47. The van der Waals surface area contributed by atoms with E-state index in [-0.39, 0.29) is 18.0 Å². The molecule has 1 aliphatic heterocycles. The largest absolute Gasteiger partial charge is 0.383 e. The molecule has 0 aromatic rings. The van der Waals surface area contributed by atoms with E-state index in [2.05, 4.69) is 28.1 Å². The maximum absolute atomic E-state index is 12.0. The Morgan fingerprint density at radius 3 is 2.48 bits per heavy atom. The van der Waals surface area contributed by atoms with Crippen LogP contribution < -0.4 is 5.32 Å². The van der Waals surface area contributed by atoms with Crippen LogP contribution in [0.15, 0.2) is 0 Å². The van der Waals surface area contributed by atoms with Crippen molar-refractivity contribution < 1.29 is 9.53 Å². The number of carbonyl (C=O) groups excluding carboxylic acids is 1. The van der Waals surface area contributed by atoms with Crippen LogP contribution in [0.2, 0.25) is 0 Å². The number of hydrogen-bond donors (Lipinski definition) is 1. The fourth-order valence-electron chi connectivity index (χ4n) is 2.63. The number of amides is 1. The van der Waals surface area contributed by atoms with Gasteiger partial charge in [0.2, 0.25) is 5.91 Å². The molecule has 2 atom stereocenters. The van der Waals surface area contributed by atoms with Crippen LogP contribution in [-0.2, 0) is 9.53 Å². The summed E-state index contributed by atoms with van der Waals surface area (Å²) in [6, 6.07) is 2.28. The number of methoxy groups -OCH3 is 1. The number of rotatable bonds is 8. The van der Waals surface area contributed by atoms with Crippen molar-refractivity contribution in [1.82, 2.24) is 15.1 Å². The molecule has 120 valence electrons. The third kappa shape index (κ3) is 5.62. The third-order valence-corrected chi connectivity index (χ3v) is 4.03. The van der Waals surface area contributed by atoms with E-state index in [0.717, 1.165) is 39.0 Å². The molecule has 0 aromatic carbocycles. The van der Waals surface area contributed by atoms with Gasteiger partial charge in [-0.2, -0.15) is 5.26 Å². The summed E-state index contributed by atoms with van der Waals surface area (Å²) in [6.45, 7) is 8.50. The molecule has 0 spiro atoms. The zero-order valence-electron chi connectivity index (χ0n) is 13.5. The Balaban J connectivity index is 2.38. The average Bonchev–Trinajstić information content (AvgIpc) is 2.52. The Hall–Kier alpha value is -1.16. The Bertz CT molecular complexity index is 348. The lowest BCUT2D eigenvalue weighted by Gasteiger charge is -2.39. The van der Waals surface area contributed by atoms with Crippen molar-refractivity contribution in [3.05, 3.63) is 0 Å². The van der Waals surface area contributed by atoms with Crippen LogP contribution in [0.1, 0.15) is 26.7 Å². The van der Waals surface area contributed by atoms with E-state index in [0.29, 0.717) is 13.2 Å². The van der Waals surface area contributed by atoms with Gasteiger partial charge in [-0.15, -0.1) is 0 Å². The van der Waals surface area contributed by atoms with Crippen molar-refractivity contribution in [2.45, 2.75) is 38.8 Å². The highest BCUT2D eigenvalue weighted by molar-refractivity contribution is 5.81.